The fourth-order valence-corrected chi connectivity index (χ4v) is 4.63. The summed E-state index contributed by atoms with van der Waals surface area (Å²) in [6.45, 7) is 6.07. The molecule has 0 aliphatic carbocycles. The molecule has 3 aromatic rings. The van der Waals surface area contributed by atoms with Crippen LogP contribution in [0.4, 0.5) is 5.69 Å². The summed E-state index contributed by atoms with van der Waals surface area (Å²) in [6, 6.07) is 7.18. The molecular formula is C19H20BrN5O2S. The lowest BCUT2D eigenvalue weighted by Gasteiger charge is -2.20. The van der Waals surface area contributed by atoms with E-state index in [9.17, 15) is 9.59 Å². The van der Waals surface area contributed by atoms with Crippen LogP contribution in [0.15, 0.2) is 44.9 Å². The molecule has 0 bridgehead atoms. The van der Waals surface area contributed by atoms with Gasteiger partial charge in [-0.1, -0.05) is 27.7 Å². The largest absolute Gasteiger partial charge is 0.326 e. The zero-order valence-corrected chi connectivity index (χ0v) is 18.2. The molecule has 4 rings (SSSR count). The van der Waals surface area contributed by atoms with Gasteiger partial charge in [0.25, 0.3) is 5.56 Å². The molecule has 1 aliphatic heterocycles. The third-order valence-corrected chi connectivity index (χ3v) is 6.18. The van der Waals surface area contributed by atoms with Gasteiger partial charge in [0.1, 0.15) is 5.39 Å². The maximum Gasteiger partial charge on any atom is 0.265 e. The van der Waals surface area contributed by atoms with Crippen molar-refractivity contribution in [3.63, 3.8) is 0 Å². The number of nitrogens with zero attached hydrogens (tertiary/aromatic N) is 4. The summed E-state index contributed by atoms with van der Waals surface area (Å²) in [6.07, 6.45) is 1.79. The molecule has 0 saturated carbocycles. The Labute approximate surface area is 174 Å². The van der Waals surface area contributed by atoms with Gasteiger partial charge < -0.3 is 5.32 Å². The minimum atomic E-state index is -0.271. The van der Waals surface area contributed by atoms with Gasteiger partial charge >= 0.3 is 0 Å². The van der Waals surface area contributed by atoms with Crippen molar-refractivity contribution in [1.82, 2.24) is 19.3 Å². The van der Waals surface area contributed by atoms with Crippen molar-refractivity contribution in [3.8, 4) is 0 Å². The summed E-state index contributed by atoms with van der Waals surface area (Å²) in [4.78, 5) is 30.2. The first-order valence-electron chi connectivity index (χ1n) is 8.93. The molecule has 1 atom stereocenters. The minimum Gasteiger partial charge on any atom is -0.326 e. The minimum absolute atomic E-state index is 0.127. The van der Waals surface area contributed by atoms with Crippen molar-refractivity contribution in [3.05, 3.63) is 45.3 Å². The van der Waals surface area contributed by atoms with Crippen LogP contribution in [0.25, 0.3) is 11.0 Å². The van der Waals surface area contributed by atoms with Gasteiger partial charge in [0.15, 0.2) is 10.8 Å². The lowest BCUT2D eigenvalue weighted by Crippen LogP contribution is -2.29. The number of halogens is 1. The smallest absolute Gasteiger partial charge is 0.265 e. The Morgan fingerprint density at radius 3 is 2.71 bits per heavy atom. The van der Waals surface area contributed by atoms with Gasteiger partial charge in [-0.3, -0.25) is 14.2 Å². The zero-order chi connectivity index (χ0) is 20.1. The molecule has 28 heavy (non-hydrogen) atoms. The van der Waals surface area contributed by atoms with Crippen LogP contribution >= 0.6 is 27.7 Å². The Kier molecular flexibility index (Phi) is 4.83. The van der Waals surface area contributed by atoms with Crippen LogP contribution in [-0.2, 0) is 10.3 Å². The molecule has 9 heteroatoms. The van der Waals surface area contributed by atoms with Crippen LogP contribution in [0, 0.1) is 0 Å². The lowest BCUT2D eigenvalue weighted by atomic mass is 10.1. The van der Waals surface area contributed by atoms with Gasteiger partial charge in [-0.05, 0) is 45.0 Å². The summed E-state index contributed by atoms with van der Waals surface area (Å²) in [5.74, 6) is 0.518. The lowest BCUT2D eigenvalue weighted by molar-refractivity contribution is -0.116. The maximum absolute atomic E-state index is 13.1. The Hall–Kier alpha value is -2.13. The first kappa shape index (κ1) is 19.2. The molecule has 146 valence electrons. The van der Waals surface area contributed by atoms with Crippen LogP contribution < -0.4 is 10.9 Å². The van der Waals surface area contributed by atoms with Gasteiger partial charge in [-0.25, -0.2) is 9.67 Å². The summed E-state index contributed by atoms with van der Waals surface area (Å²) in [7, 11) is 0. The molecule has 7 nitrogen and oxygen atoms in total. The predicted molar refractivity (Wildman–Crippen MR) is 114 cm³/mol. The van der Waals surface area contributed by atoms with E-state index in [1.54, 1.807) is 15.4 Å². The molecule has 0 saturated heterocycles. The quantitative estimate of drug-likeness (QED) is 0.599. The second kappa shape index (κ2) is 7.04. The van der Waals surface area contributed by atoms with E-state index in [-0.39, 0.29) is 29.5 Å². The summed E-state index contributed by atoms with van der Waals surface area (Å²) >= 11 is 4.88. The Morgan fingerprint density at radius 2 is 2.04 bits per heavy atom. The molecular weight excluding hydrogens is 442 g/mol. The molecule has 0 spiro atoms. The van der Waals surface area contributed by atoms with Crippen LogP contribution in [-0.4, -0.2) is 31.0 Å². The molecule has 1 aromatic carbocycles. The monoisotopic (exact) mass is 461 g/mol. The van der Waals surface area contributed by atoms with Crippen molar-refractivity contribution in [2.45, 2.75) is 43.9 Å². The van der Waals surface area contributed by atoms with Gasteiger partial charge in [0, 0.05) is 22.3 Å². The second-order valence-electron chi connectivity index (χ2n) is 7.76. The normalized spacial score (nSPS) is 16.4. The van der Waals surface area contributed by atoms with Crippen molar-refractivity contribution in [2.24, 2.45) is 0 Å². The highest BCUT2D eigenvalue weighted by Gasteiger charge is 2.30. The van der Waals surface area contributed by atoms with Crippen LogP contribution in [0.1, 0.15) is 33.2 Å². The number of aromatic nitrogens is 4. The molecule has 0 fully saturated rings. The average molecular weight is 462 g/mol. The SMILES string of the molecule is CC(C)(C)n1ncc2c(=O)n3c(nc21)SCC3CC(=O)Nc1ccc(Br)cc1. The van der Waals surface area contributed by atoms with E-state index in [0.717, 1.165) is 10.2 Å². The number of hydrogen-bond donors (Lipinski definition) is 1. The summed E-state index contributed by atoms with van der Waals surface area (Å²) in [5, 5.41) is 8.38. The van der Waals surface area contributed by atoms with E-state index >= 15 is 0 Å². The molecule has 0 radical (unpaired) electrons. The van der Waals surface area contributed by atoms with Gasteiger partial charge in [-0.15, -0.1) is 0 Å². The Bertz CT molecular complexity index is 1110. The van der Waals surface area contributed by atoms with Crippen molar-refractivity contribution in [1.29, 1.82) is 0 Å². The first-order valence-corrected chi connectivity index (χ1v) is 10.7. The van der Waals surface area contributed by atoms with E-state index in [4.69, 9.17) is 0 Å². The summed E-state index contributed by atoms with van der Waals surface area (Å²) < 4.78 is 4.37. The fourth-order valence-electron chi connectivity index (χ4n) is 3.23. The number of rotatable bonds is 3. The van der Waals surface area contributed by atoms with E-state index in [1.165, 1.54) is 11.8 Å². The highest BCUT2D eigenvalue weighted by molar-refractivity contribution is 9.10. The number of hydrogen-bond acceptors (Lipinski definition) is 5. The van der Waals surface area contributed by atoms with Gasteiger partial charge in [0.05, 0.1) is 17.8 Å². The Morgan fingerprint density at radius 1 is 1.32 bits per heavy atom. The topological polar surface area (TPSA) is 81.8 Å². The molecule has 1 aliphatic rings. The number of fused-ring (bicyclic) bond motifs is 2. The molecule has 3 heterocycles. The zero-order valence-electron chi connectivity index (χ0n) is 15.8. The van der Waals surface area contributed by atoms with Crippen molar-refractivity contribution >= 4 is 50.3 Å². The number of carbonyl (C=O) groups is 1. The number of benzene rings is 1. The van der Waals surface area contributed by atoms with Crippen LogP contribution in [0.5, 0.6) is 0 Å². The van der Waals surface area contributed by atoms with E-state index < -0.39 is 0 Å². The van der Waals surface area contributed by atoms with Crippen LogP contribution in [0.2, 0.25) is 0 Å². The highest BCUT2D eigenvalue weighted by atomic mass is 79.9. The average Bonchev–Trinajstić information content (AvgIpc) is 3.22. The van der Waals surface area contributed by atoms with E-state index in [2.05, 4.69) is 31.3 Å². The third kappa shape index (κ3) is 3.48. The molecule has 1 amide bonds. The number of amides is 1. The predicted octanol–water partition coefficient (Wildman–Crippen LogP) is 3.79. The Balaban J connectivity index is 1.61. The summed E-state index contributed by atoms with van der Waals surface area (Å²) in [5.41, 5.74) is 0.914. The number of anilines is 1. The number of thioether (sulfide) groups is 1. The molecule has 2 aromatic heterocycles. The second-order valence-corrected chi connectivity index (χ2v) is 9.66. The first-order chi connectivity index (χ1) is 13.2. The van der Waals surface area contributed by atoms with Crippen LogP contribution in [0.3, 0.4) is 0 Å². The fraction of sp³-hybridized carbons (Fsp3) is 0.368. The van der Waals surface area contributed by atoms with Gasteiger partial charge in [0.2, 0.25) is 5.91 Å². The van der Waals surface area contributed by atoms with Crippen molar-refractivity contribution < 1.29 is 4.79 Å². The number of carbonyl (C=O) groups excluding carboxylic acids is 1. The standard InChI is InChI=1S/C19H20BrN5O2S/c1-19(2,3)25-16-14(9-21-25)17(27)24-13(10-28-18(24)23-16)8-15(26)22-12-6-4-11(20)5-7-12/h4-7,9,13H,8,10H2,1-3H3,(H,22,26). The van der Waals surface area contributed by atoms with Crippen molar-refractivity contribution in [2.75, 3.05) is 11.1 Å². The van der Waals surface area contributed by atoms with E-state index in [0.29, 0.717) is 21.9 Å². The third-order valence-electron chi connectivity index (χ3n) is 4.56. The molecule has 1 N–H and O–H groups in total. The van der Waals surface area contributed by atoms with E-state index in [1.807, 2.05) is 45.0 Å². The molecule has 1 unspecified atom stereocenters. The van der Waals surface area contributed by atoms with Gasteiger partial charge in [-0.2, -0.15) is 5.10 Å². The highest BCUT2D eigenvalue weighted by Crippen LogP contribution is 2.34. The number of nitrogens with one attached hydrogen (secondary N) is 1. The maximum atomic E-state index is 13.1.